The van der Waals surface area contributed by atoms with Gasteiger partial charge in [-0.2, -0.15) is 5.10 Å². The first kappa shape index (κ1) is 43.7. The number of nitrogens with zero attached hydrogens (tertiary/aromatic N) is 7. The summed E-state index contributed by atoms with van der Waals surface area (Å²) in [5, 5.41) is 12.8. The van der Waals surface area contributed by atoms with Gasteiger partial charge in [0.05, 0.1) is 35.1 Å². The smallest absolute Gasteiger partial charge is 0.376 e. The number of hydrogen-bond acceptors (Lipinski definition) is 8. The molecule has 68 heavy (non-hydrogen) atoms. The van der Waals surface area contributed by atoms with E-state index in [0.717, 1.165) is 42.3 Å². The molecule has 3 aromatic carbocycles. The Morgan fingerprint density at radius 3 is 2.40 bits per heavy atom. The molecule has 4 aliphatic rings. The summed E-state index contributed by atoms with van der Waals surface area (Å²) in [5.41, 5.74) is 4.00. The quantitative estimate of drug-likeness (QED) is 0.151. The van der Waals surface area contributed by atoms with Crippen LogP contribution in [0.3, 0.4) is 0 Å². The van der Waals surface area contributed by atoms with Gasteiger partial charge in [0.2, 0.25) is 5.91 Å². The van der Waals surface area contributed by atoms with Crippen molar-refractivity contribution in [3.8, 4) is 17.2 Å². The molecule has 2 bridgehead atoms. The van der Waals surface area contributed by atoms with Gasteiger partial charge in [0.1, 0.15) is 28.7 Å². The van der Waals surface area contributed by atoms with Crippen LogP contribution in [0.2, 0.25) is 0 Å². The van der Waals surface area contributed by atoms with E-state index in [1.165, 1.54) is 33.9 Å². The molecule has 0 radical (unpaired) electrons. The number of halogens is 2. The highest BCUT2D eigenvalue weighted by Crippen LogP contribution is 2.56. The Balaban J connectivity index is 1.07. The number of hydrogen-bond donors (Lipinski definition) is 2. The van der Waals surface area contributed by atoms with Gasteiger partial charge in [0, 0.05) is 55.0 Å². The zero-order chi connectivity index (χ0) is 47.6. The molecule has 1 saturated carbocycles. The Morgan fingerprint density at radius 1 is 0.941 bits per heavy atom. The highest BCUT2D eigenvalue weighted by Gasteiger charge is 2.59. The van der Waals surface area contributed by atoms with Gasteiger partial charge < -0.3 is 19.5 Å². The molecule has 1 aliphatic carbocycles. The van der Waals surface area contributed by atoms with Gasteiger partial charge in [-0.15, -0.1) is 0 Å². The zero-order valence-corrected chi connectivity index (χ0v) is 38.9. The fraction of sp³-hybridized carbons (Fsp3) is 0.412. The van der Waals surface area contributed by atoms with Gasteiger partial charge in [-0.3, -0.25) is 28.2 Å². The van der Waals surface area contributed by atoms with Crippen LogP contribution in [0.15, 0.2) is 81.1 Å². The number of carbonyl (C=O) groups is 2. The lowest BCUT2D eigenvalue weighted by Gasteiger charge is -2.46. The Hall–Kier alpha value is -6.88. The normalized spacial score (nSPS) is 22.9. The molecule has 4 aromatic heterocycles. The maximum Gasteiger partial charge on any atom is 0.438 e. The predicted molar refractivity (Wildman–Crippen MR) is 248 cm³/mol. The van der Waals surface area contributed by atoms with Gasteiger partial charge in [0.25, 0.3) is 5.91 Å². The average molecular weight is 926 g/mol. The van der Waals surface area contributed by atoms with Crippen LogP contribution in [0.1, 0.15) is 121 Å². The number of aromatic nitrogens is 7. The lowest BCUT2D eigenvalue weighted by Crippen LogP contribution is -2.50. The van der Waals surface area contributed by atoms with Gasteiger partial charge in [-0.1, -0.05) is 24.2 Å². The Bertz CT molecular complexity index is 3310. The number of imidazole rings is 1. The average Bonchev–Trinajstić information content (AvgIpc) is 3.79. The lowest BCUT2D eigenvalue weighted by molar-refractivity contribution is -0.120. The number of H-pyrrole nitrogens is 1. The minimum atomic E-state index is -0.859. The van der Waals surface area contributed by atoms with Crippen LogP contribution >= 0.6 is 0 Å². The second kappa shape index (κ2) is 15.9. The number of likely N-dealkylation sites (N-methyl/N-ethyl adjacent to an activating group) is 1. The number of carbonyl (C=O) groups excluding carboxylic acids is 2. The number of fused-ring (bicyclic) bond motifs is 5. The molecule has 2 N–H and O–H groups in total. The number of aryl methyl sites for hydroxylation is 2. The highest BCUT2D eigenvalue weighted by atomic mass is 19.1. The minimum absolute atomic E-state index is 0.00212. The van der Waals surface area contributed by atoms with Crippen molar-refractivity contribution in [1.82, 2.24) is 43.8 Å². The van der Waals surface area contributed by atoms with E-state index < -0.39 is 28.8 Å². The van der Waals surface area contributed by atoms with E-state index in [9.17, 15) is 14.4 Å². The van der Waals surface area contributed by atoms with Gasteiger partial charge in [-0.25, -0.2) is 23.1 Å². The molecule has 2 saturated heterocycles. The van der Waals surface area contributed by atoms with Crippen molar-refractivity contribution in [3.05, 3.63) is 145 Å². The first-order chi connectivity index (χ1) is 32.6. The molecule has 11 rings (SSSR count). The molecular formula is C51H53F2N9O6. The first-order valence-corrected chi connectivity index (χ1v) is 23.4. The van der Waals surface area contributed by atoms with Crippen molar-refractivity contribution < 1.29 is 27.6 Å². The van der Waals surface area contributed by atoms with Crippen LogP contribution < -0.4 is 16.8 Å². The summed E-state index contributed by atoms with van der Waals surface area (Å²) in [6, 6.07) is 15.3. The van der Waals surface area contributed by atoms with Crippen LogP contribution in [-0.2, 0) is 27.9 Å². The van der Waals surface area contributed by atoms with E-state index in [2.05, 4.69) is 59.0 Å². The van der Waals surface area contributed by atoms with Crippen LogP contribution in [-0.4, -0.2) is 75.6 Å². The van der Waals surface area contributed by atoms with E-state index in [1.54, 1.807) is 49.1 Å². The van der Waals surface area contributed by atoms with Crippen molar-refractivity contribution >= 4 is 22.7 Å². The van der Waals surface area contributed by atoms with E-state index in [4.69, 9.17) is 14.4 Å². The predicted octanol–water partition coefficient (Wildman–Crippen LogP) is 7.38. The Labute approximate surface area is 389 Å². The number of piperidine rings is 1. The third kappa shape index (κ3) is 6.90. The minimum Gasteiger partial charge on any atom is -0.376 e. The Kier molecular flexibility index (Phi) is 10.2. The summed E-state index contributed by atoms with van der Waals surface area (Å²) < 4.78 is 48.4. The van der Waals surface area contributed by atoms with E-state index in [-0.39, 0.29) is 58.8 Å². The summed E-state index contributed by atoms with van der Waals surface area (Å²) in [5.74, 6) is -1.19. The van der Waals surface area contributed by atoms with Gasteiger partial charge in [0.15, 0.2) is 5.82 Å². The fourth-order valence-corrected chi connectivity index (χ4v) is 11.6. The van der Waals surface area contributed by atoms with E-state index in [0.29, 0.717) is 65.6 Å². The molecular weight excluding hydrogens is 873 g/mol. The van der Waals surface area contributed by atoms with Crippen LogP contribution in [0.25, 0.3) is 28.1 Å². The van der Waals surface area contributed by atoms with Crippen LogP contribution in [0, 0.1) is 31.4 Å². The van der Waals surface area contributed by atoms with Crippen LogP contribution in [0.5, 0.6) is 0 Å². The molecule has 3 aliphatic heterocycles. The third-order valence-electron chi connectivity index (χ3n) is 15.1. The number of nitrogens with one attached hydrogen (secondary N) is 2. The van der Waals surface area contributed by atoms with Crippen molar-refractivity contribution in [2.45, 2.75) is 115 Å². The molecule has 7 aromatic rings. The third-order valence-corrected chi connectivity index (χ3v) is 15.1. The molecule has 3 fully saturated rings. The number of ether oxygens (including phenoxy) is 1. The van der Waals surface area contributed by atoms with Crippen molar-refractivity contribution in [1.29, 1.82) is 0 Å². The molecule has 0 spiro atoms. The highest BCUT2D eigenvalue weighted by molar-refractivity contribution is 6.00. The SMILES string of the molecule is CNC(=O)Cc1ccc(-n2ccn(-c3c4c(nn3-c3cc(C)c(F)c(C)c3)C[C@H]3CCC[C@@H]4N3C(=O)c3cc4cc([C@H]5CCOC(C)(C)C5)ccc4n3[C@@]3(c4noc(=O)[nH]4)C[C@@H]3C)c2=O)cc1F. The lowest BCUT2D eigenvalue weighted by atomic mass is 9.82. The number of benzene rings is 3. The first-order valence-electron chi connectivity index (χ1n) is 23.4. The monoisotopic (exact) mass is 925 g/mol. The summed E-state index contributed by atoms with van der Waals surface area (Å²) in [6.07, 6.45) is 7.84. The standard InChI is InChI=1S/C51H53F2N9O6/c1-27-18-36(19-28(2)44(27)53)62-45(59-16-15-58(49(59)66)34-12-10-31(37(52)23-34)22-42(63)54-6)43-38(56-62)24-35-8-7-9-40(43)60(35)46(64)41-21-33-20-30(32-14-17-67-50(4,5)26-32)11-13-39(33)61(41)51(25-29(51)3)47-55-48(65)68-57-47/h10-13,15-16,18-21,23,29,32,35,40H,7-9,14,17,22,24-26H2,1-6H3,(H,54,63)(H,55,57,65)/t29-,32-,35+,40-,51-/m0/s1. The topological polar surface area (TPSA) is 167 Å². The number of amides is 2. The molecule has 15 nitrogen and oxygen atoms in total. The van der Waals surface area contributed by atoms with E-state index in [1.807, 2.05) is 11.0 Å². The fourth-order valence-electron chi connectivity index (χ4n) is 11.6. The van der Waals surface area contributed by atoms with Crippen molar-refractivity contribution in [2.24, 2.45) is 5.92 Å². The summed E-state index contributed by atoms with van der Waals surface area (Å²) in [7, 11) is 1.48. The second-order valence-corrected chi connectivity index (χ2v) is 19.9. The number of rotatable bonds is 9. The molecule has 17 heteroatoms. The van der Waals surface area contributed by atoms with Crippen molar-refractivity contribution in [2.75, 3.05) is 13.7 Å². The summed E-state index contributed by atoms with van der Waals surface area (Å²) in [6.45, 7) is 10.3. The second-order valence-electron chi connectivity index (χ2n) is 19.9. The molecule has 352 valence electrons. The summed E-state index contributed by atoms with van der Waals surface area (Å²) >= 11 is 0. The van der Waals surface area contributed by atoms with E-state index >= 15 is 13.6 Å². The zero-order valence-electron chi connectivity index (χ0n) is 38.9. The molecule has 2 amide bonds. The van der Waals surface area contributed by atoms with Crippen molar-refractivity contribution in [3.63, 3.8) is 0 Å². The Morgan fingerprint density at radius 2 is 1.71 bits per heavy atom. The summed E-state index contributed by atoms with van der Waals surface area (Å²) in [4.78, 5) is 60.1. The molecule has 7 heterocycles. The molecule has 5 atom stereocenters. The number of aromatic amines is 1. The van der Waals surface area contributed by atoms with Crippen LogP contribution in [0.4, 0.5) is 8.78 Å². The maximum atomic E-state index is 15.9. The van der Waals surface area contributed by atoms with Gasteiger partial charge >= 0.3 is 11.4 Å². The molecule has 0 unspecified atom stereocenters. The van der Waals surface area contributed by atoms with Gasteiger partial charge in [-0.05, 0) is 143 Å². The largest absolute Gasteiger partial charge is 0.438 e. The maximum absolute atomic E-state index is 15.9.